The molecule has 1 saturated heterocycles. The van der Waals surface area contributed by atoms with Gasteiger partial charge in [0.1, 0.15) is 11.5 Å². The van der Waals surface area contributed by atoms with E-state index in [9.17, 15) is 14.7 Å². The van der Waals surface area contributed by atoms with E-state index in [1.165, 1.54) is 4.90 Å². The average Bonchev–Trinajstić information content (AvgIpc) is 3.15. The maximum atomic E-state index is 13.4. The molecule has 8 heteroatoms. The number of ether oxygens (including phenoxy) is 3. The minimum absolute atomic E-state index is 0.0550. The largest absolute Gasteiger partial charge is 0.507 e. The number of hydrogen-bond donors (Lipinski definition) is 1. The molecule has 1 N–H and O–H groups in total. The van der Waals surface area contributed by atoms with E-state index in [2.05, 4.69) is 20.8 Å². The molecule has 39 heavy (non-hydrogen) atoms. The van der Waals surface area contributed by atoms with Crippen LogP contribution in [0.15, 0.2) is 42.0 Å². The summed E-state index contributed by atoms with van der Waals surface area (Å²) in [7, 11) is 5.37. The molecule has 1 unspecified atom stereocenters. The molecule has 0 aromatic heterocycles. The zero-order valence-electron chi connectivity index (χ0n) is 24.2. The molecule has 2 aromatic carbocycles. The lowest BCUT2D eigenvalue weighted by Crippen LogP contribution is -2.35. The van der Waals surface area contributed by atoms with E-state index in [1.807, 2.05) is 38.1 Å². The van der Waals surface area contributed by atoms with Gasteiger partial charge in [-0.2, -0.15) is 0 Å². The Bertz CT molecular complexity index is 1200. The third-order valence-corrected chi connectivity index (χ3v) is 6.62. The van der Waals surface area contributed by atoms with Crippen LogP contribution in [0.25, 0.3) is 5.76 Å². The molecule has 0 aliphatic carbocycles. The lowest BCUT2D eigenvalue weighted by Gasteiger charge is -2.27. The van der Waals surface area contributed by atoms with Gasteiger partial charge in [-0.3, -0.25) is 9.59 Å². The summed E-state index contributed by atoms with van der Waals surface area (Å²) in [6.45, 7) is 10.1. The highest BCUT2D eigenvalue weighted by Crippen LogP contribution is 2.42. The molecule has 1 fully saturated rings. The molecule has 1 amide bonds. The predicted molar refractivity (Wildman–Crippen MR) is 152 cm³/mol. The van der Waals surface area contributed by atoms with Crippen molar-refractivity contribution in [2.75, 3.05) is 47.5 Å². The number of likely N-dealkylation sites (tertiary alicyclic amines) is 1. The molecule has 2 aromatic rings. The highest BCUT2D eigenvalue weighted by atomic mass is 16.5. The standard InChI is InChI=1S/C31H42N2O6/c1-8-9-16-38-25-13-10-22(18-26(25)37-7)28-27(30(35)31(36)33(28)15-14-32(5)6)29(34)24-12-11-23(17-21(24)4)39-19-20(2)3/h10-13,17-18,20,28,34H,8-9,14-16,19H2,1-7H3/b29-27+. The first kappa shape index (κ1) is 30.0. The number of likely N-dealkylation sites (N-methyl/N-ethyl adjacent to an activating group) is 1. The van der Waals surface area contributed by atoms with Crippen molar-refractivity contribution in [2.24, 2.45) is 5.92 Å². The van der Waals surface area contributed by atoms with Gasteiger partial charge in [0.25, 0.3) is 11.7 Å². The van der Waals surface area contributed by atoms with Crippen LogP contribution < -0.4 is 14.2 Å². The first-order valence-electron chi connectivity index (χ1n) is 13.6. The number of benzene rings is 2. The van der Waals surface area contributed by atoms with Gasteiger partial charge in [0, 0.05) is 18.7 Å². The van der Waals surface area contributed by atoms with Gasteiger partial charge in [-0.1, -0.05) is 33.3 Å². The molecule has 1 aliphatic heterocycles. The maximum Gasteiger partial charge on any atom is 0.295 e. The normalized spacial score (nSPS) is 16.8. The second-order valence-electron chi connectivity index (χ2n) is 10.6. The summed E-state index contributed by atoms with van der Waals surface area (Å²) < 4.78 is 17.3. The Morgan fingerprint density at radius 2 is 1.82 bits per heavy atom. The van der Waals surface area contributed by atoms with Gasteiger partial charge in [0.2, 0.25) is 0 Å². The van der Waals surface area contributed by atoms with Crippen molar-refractivity contribution in [3.8, 4) is 17.2 Å². The van der Waals surface area contributed by atoms with E-state index in [1.54, 1.807) is 31.4 Å². The van der Waals surface area contributed by atoms with Crippen LogP contribution >= 0.6 is 0 Å². The molecule has 0 spiro atoms. The lowest BCUT2D eigenvalue weighted by molar-refractivity contribution is -0.140. The Labute approximate surface area is 232 Å². The lowest BCUT2D eigenvalue weighted by atomic mass is 9.93. The van der Waals surface area contributed by atoms with Crippen LogP contribution in [0.3, 0.4) is 0 Å². The summed E-state index contributed by atoms with van der Waals surface area (Å²) in [5, 5.41) is 11.5. The van der Waals surface area contributed by atoms with E-state index in [4.69, 9.17) is 14.2 Å². The fourth-order valence-electron chi connectivity index (χ4n) is 4.46. The van der Waals surface area contributed by atoms with Crippen LogP contribution in [0.1, 0.15) is 56.3 Å². The van der Waals surface area contributed by atoms with Crippen LogP contribution in [0.2, 0.25) is 0 Å². The zero-order valence-corrected chi connectivity index (χ0v) is 24.2. The Balaban J connectivity index is 2.10. The summed E-state index contributed by atoms with van der Waals surface area (Å²) in [5.41, 5.74) is 1.93. The molecule has 212 valence electrons. The smallest absolute Gasteiger partial charge is 0.295 e. The third-order valence-electron chi connectivity index (χ3n) is 6.62. The number of hydrogen-bond acceptors (Lipinski definition) is 7. The van der Waals surface area contributed by atoms with Gasteiger partial charge in [-0.25, -0.2) is 0 Å². The molecule has 1 atom stereocenters. The summed E-state index contributed by atoms with van der Waals surface area (Å²) in [4.78, 5) is 30.1. The summed E-state index contributed by atoms with van der Waals surface area (Å²) in [5.74, 6) is 0.595. The average molecular weight is 539 g/mol. The quantitative estimate of drug-likeness (QED) is 0.162. The van der Waals surface area contributed by atoms with Gasteiger partial charge in [-0.15, -0.1) is 0 Å². The SMILES string of the molecule is CCCCOc1ccc(C2/C(=C(\O)c3ccc(OCC(C)C)cc3C)C(=O)C(=O)N2CCN(C)C)cc1OC. The Morgan fingerprint density at radius 3 is 2.44 bits per heavy atom. The van der Waals surface area contributed by atoms with Gasteiger partial charge < -0.3 is 29.1 Å². The fourth-order valence-corrected chi connectivity index (χ4v) is 4.46. The van der Waals surface area contributed by atoms with Crippen LogP contribution in [0.4, 0.5) is 0 Å². The summed E-state index contributed by atoms with van der Waals surface area (Å²) in [6.07, 6.45) is 1.92. The number of unbranched alkanes of at least 4 members (excludes halogenated alkanes) is 1. The number of nitrogens with zero attached hydrogens (tertiary/aromatic N) is 2. The number of aliphatic hydroxyl groups excluding tert-OH is 1. The molecule has 0 bridgehead atoms. The Kier molecular flexibility index (Phi) is 10.4. The van der Waals surface area contributed by atoms with Crippen molar-refractivity contribution < 1.29 is 28.9 Å². The molecule has 3 rings (SSSR count). The van der Waals surface area contributed by atoms with Crippen molar-refractivity contribution in [3.63, 3.8) is 0 Å². The summed E-state index contributed by atoms with van der Waals surface area (Å²) in [6, 6.07) is 9.96. The second kappa shape index (κ2) is 13.5. The van der Waals surface area contributed by atoms with E-state index < -0.39 is 17.7 Å². The number of carbonyl (C=O) groups is 2. The number of amides is 1. The molecule has 1 heterocycles. The minimum atomic E-state index is -0.778. The third kappa shape index (κ3) is 7.12. The van der Waals surface area contributed by atoms with Crippen molar-refractivity contribution in [3.05, 3.63) is 58.7 Å². The van der Waals surface area contributed by atoms with Gasteiger partial charge in [0.05, 0.1) is 31.9 Å². The van der Waals surface area contributed by atoms with E-state index >= 15 is 0 Å². The monoisotopic (exact) mass is 538 g/mol. The van der Waals surface area contributed by atoms with Gasteiger partial charge in [0.15, 0.2) is 11.5 Å². The van der Waals surface area contributed by atoms with Crippen LogP contribution in [-0.4, -0.2) is 74.1 Å². The van der Waals surface area contributed by atoms with Crippen molar-refractivity contribution in [2.45, 2.75) is 46.6 Å². The number of ketones is 1. The number of aryl methyl sites for hydroxylation is 1. The molecular weight excluding hydrogens is 496 g/mol. The number of rotatable bonds is 13. The number of aliphatic hydroxyl groups is 1. The molecule has 1 aliphatic rings. The van der Waals surface area contributed by atoms with Gasteiger partial charge >= 0.3 is 0 Å². The topological polar surface area (TPSA) is 88.5 Å². The van der Waals surface area contributed by atoms with Crippen molar-refractivity contribution >= 4 is 17.4 Å². The molecule has 0 radical (unpaired) electrons. The van der Waals surface area contributed by atoms with E-state index in [-0.39, 0.29) is 11.3 Å². The van der Waals surface area contributed by atoms with Crippen molar-refractivity contribution in [1.29, 1.82) is 0 Å². The number of carbonyl (C=O) groups excluding carboxylic acids is 2. The maximum absolute atomic E-state index is 13.4. The first-order chi connectivity index (χ1) is 18.6. The van der Waals surface area contributed by atoms with Crippen LogP contribution in [0.5, 0.6) is 17.2 Å². The Morgan fingerprint density at radius 1 is 1.08 bits per heavy atom. The molecule has 8 nitrogen and oxygen atoms in total. The highest BCUT2D eigenvalue weighted by molar-refractivity contribution is 6.46. The number of Topliss-reactive ketones (excluding diaryl/α,β-unsaturated/α-hetero) is 1. The predicted octanol–water partition coefficient (Wildman–Crippen LogP) is 5.20. The molecule has 0 saturated carbocycles. The Hall–Kier alpha value is -3.52. The highest BCUT2D eigenvalue weighted by Gasteiger charge is 2.46. The first-order valence-corrected chi connectivity index (χ1v) is 13.6. The number of methoxy groups -OCH3 is 1. The van der Waals surface area contributed by atoms with Crippen LogP contribution in [0, 0.1) is 12.8 Å². The summed E-state index contributed by atoms with van der Waals surface area (Å²) >= 11 is 0. The van der Waals surface area contributed by atoms with E-state index in [0.717, 1.165) is 18.4 Å². The van der Waals surface area contributed by atoms with Gasteiger partial charge in [-0.05, 0) is 74.8 Å². The molecular formula is C31H42N2O6. The second-order valence-corrected chi connectivity index (χ2v) is 10.6. The zero-order chi connectivity index (χ0) is 28.7. The fraction of sp³-hybridized carbons (Fsp3) is 0.484. The van der Waals surface area contributed by atoms with Crippen LogP contribution in [-0.2, 0) is 9.59 Å². The van der Waals surface area contributed by atoms with Crippen molar-refractivity contribution in [1.82, 2.24) is 9.80 Å². The minimum Gasteiger partial charge on any atom is -0.507 e. The van der Waals surface area contributed by atoms with E-state index in [0.29, 0.717) is 60.6 Å².